The third-order valence-electron chi connectivity index (χ3n) is 3.60. The summed E-state index contributed by atoms with van der Waals surface area (Å²) in [4.78, 5) is 12.1. The average molecular weight is 256 g/mol. The van der Waals surface area contributed by atoms with Crippen LogP contribution >= 0.6 is 0 Å². The highest BCUT2D eigenvalue weighted by atomic mass is 16.5. The summed E-state index contributed by atoms with van der Waals surface area (Å²) in [5.41, 5.74) is 0. The van der Waals surface area contributed by atoms with E-state index in [-0.39, 0.29) is 24.0 Å². The molecule has 3 atom stereocenters. The molecule has 104 valence electrons. The molecule has 2 aliphatic rings. The molecule has 1 amide bonds. The van der Waals surface area contributed by atoms with Gasteiger partial charge < -0.3 is 20.1 Å². The molecule has 2 N–H and O–H groups in total. The Bertz CT molecular complexity index is 267. The molecule has 2 aliphatic heterocycles. The molecule has 0 aromatic rings. The van der Waals surface area contributed by atoms with Crippen molar-refractivity contribution in [2.75, 3.05) is 32.9 Å². The predicted molar refractivity (Wildman–Crippen MR) is 68.4 cm³/mol. The van der Waals surface area contributed by atoms with E-state index in [9.17, 15) is 4.79 Å². The second-order valence-electron chi connectivity index (χ2n) is 5.08. The Kier molecular flexibility index (Phi) is 5.41. The van der Waals surface area contributed by atoms with E-state index in [1.807, 2.05) is 0 Å². The summed E-state index contributed by atoms with van der Waals surface area (Å²) in [6.45, 7) is 5.68. The fourth-order valence-electron chi connectivity index (χ4n) is 2.49. The molecule has 5 heteroatoms. The second kappa shape index (κ2) is 7.07. The maximum Gasteiger partial charge on any atom is 0.227 e. The molecular formula is C13H24N2O3. The Balaban J connectivity index is 1.72. The number of ether oxygens (including phenoxy) is 2. The van der Waals surface area contributed by atoms with Crippen LogP contribution in [0.25, 0.3) is 0 Å². The van der Waals surface area contributed by atoms with Crippen LogP contribution in [0.1, 0.15) is 26.2 Å². The van der Waals surface area contributed by atoms with Crippen LogP contribution in [0.2, 0.25) is 0 Å². The van der Waals surface area contributed by atoms with Gasteiger partial charge in [0.25, 0.3) is 0 Å². The van der Waals surface area contributed by atoms with E-state index in [4.69, 9.17) is 9.47 Å². The molecule has 0 radical (unpaired) electrons. The Morgan fingerprint density at radius 2 is 2.28 bits per heavy atom. The molecule has 0 aliphatic carbocycles. The first kappa shape index (κ1) is 13.8. The van der Waals surface area contributed by atoms with E-state index < -0.39 is 0 Å². The number of carbonyl (C=O) groups is 1. The van der Waals surface area contributed by atoms with Crippen molar-refractivity contribution < 1.29 is 14.3 Å². The minimum atomic E-state index is -0.0575. The fraction of sp³-hybridized carbons (Fsp3) is 0.923. The number of hydrogen-bond donors (Lipinski definition) is 2. The lowest BCUT2D eigenvalue weighted by Gasteiger charge is -2.19. The molecule has 2 heterocycles. The maximum absolute atomic E-state index is 12.1. The van der Waals surface area contributed by atoms with Gasteiger partial charge in [0.15, 0.2) is 0 Å². The maximum atomic E-state index is 12.1. The van der Waals surface area contributed by atoms with Crippen LogP contribution in [0.4, 0.5) is 0 Å². The Labute approximate surface area is 109 Å². The zero-order valence-electron chi connectivity index (χ0n) is 11.1. The van der Waals surface area contributed by atoms with Crippen LogP contribution in [-0.4, -0.2) is 51.0 Å². The monoisotopic (exact) mass is 256 g/mol. The lowest BCUT2D eigenvalue weighted by Crippen LogP contribution is -2.45. The van der Waals surface area contributed by atoms with Gasteiger partial charge >= 0.3 is 0 Å². The Morgan fingerprint density at radius 3 is 3.00 bits per heavy atom. The van der Waals surface area contributed by atoms with Gasteiger partial charge in [-0.15, -0.1) is 0 Å². The first-order valence-electron chi connectivity index (χ1n) is 7.01. The second-order valence-corrected chi connectivity index (χ2v) is 5.08. The van der Waals surface area contributed by atoms with Crippen LogP contribution < -0.4 is 10.6 Å². The van der Waals surface area contributed by atoms with Crippen molar-refractivity contribution in [3.8, 4) is 0 Å². The van der Waals surface area contributed by atoms with Crippen LogP contribution in [0.15, 0.2) is 0 Å². The third-order valence-corrected chi connectivity index (χ3v) is 3.60. The van der Waals surface area contributed by atoms with Gasteiger partial charge in [0, 0.05) is 19.2 Å². The van der Waals surface area contributed by atoms with Gasteiger partial charge in [-0.1, -0.05) is 6.92 Å². The third kappa shape index (κ3) is 3.67. The molecule has 0 aromatic carbocycles. The van der Waals surface area contributed by atoms with Crippen molar-refractivity contribution in [1.82, 2.24) is 10.6 Å². The van der Waals surface area contributed by atoms with Gasteiger partial charge in [-0.2, -0.15) is 0 Å². The summed E-state index contributed by atoms with van der Waals surface area (Å²) in [7, 11) is 0. The van der Waals surface area contributed by atoms with Crippen LogP contribution in [0.3, 0.4) is 0 Å². The molecule has 18 heavy (non-hydrogen) atoms. The molecule has 0 spiro atoms. The number of hydrogen-bond acceptors (Lipinski definition) is 4. The van der Waals surface area contributed by atoms with E-state index in [0.717, 1.165) is 32.4 Å². The lowest BCUT2D eigenvalue weighted by molar-refractivity contribution is -0.125. The van der Waals surface area contributed by atoms with Crippen molar-refractivity contribution in [1.29, 1.82) is 0 Å². The van der Waals surface area contributed by atoms with Gasteiger partial charge in [0.1, 0.15) is 0 Å². The minimum Gasteiger partial charge on any atom is -0.379 e. The number of carbonyl (C=O) groups excluding carboxylic acids is 1. The molecule has 0 aromatic heterocycles. The zero-order valence-corrected chi connectivity index (χ0v) is 11.1. The van der Waals surface area contributed by atoms with Gasteiger partial charge in [-0.05, 0) is 25.8 Å². The minimum absolute atomic E-state index is 0.0575. The Hall–Kier alpha value is -0.650. The van der Waals surface area contributed by atoms with Crippen LogP contribution in [0, 0.1) is 5.92 Å². The lowest BCUT2D eigenvalue weighted by atomic mass is 10.0. The zero-order chi connectivity index (χ0) is 12.8. The molecule has 3 unspecified atom stereocenters. The predicted octanol–water partition coefficient (Wildman–Crippen LogP) is 0.296. The summed E-state index contributed by atoms with van der Waals surface area (Å²) in [6, 6.07) is 0.162. The molecule has 2 saturated heterocycles. The average Bonchev–Trinajstić information content (AvgIpc) is 3.04. The SMILES string of the molecule is CCCNC1COCC1C(=O)NCC1CCCO1. The quantitative estimate of drug-likeness (QED) is 0.717. The number of rotatable bonds is 6. The van der Waals surface area contributed by atoms with Crippen LogP contribution in [-0.2, 0) is 14.3 Å². The van der Waals surface area contributed by atoms with Gasteiger partial charge in [-0.25, -0.2) is 0 Å². The summed E-state index contributed by atoms with van der Waals surface area (Å²) in [5, 5.41) is 6.36. The normalized spacial score (nSPS) is 31.7. The Morgan fingerprint density at radius 1 is 1.39 bits per heavy atom. The van der Waals surface area contributed by atoms with E-state index in [0.29, 0.717) is 19.8 Å². The number of nitrogens with one attached hydrogen (secondary N) is 2. The highest BCUT2D eigenvalue weighted by Gasteiger charge is 2.33. The molecule has 2 fully saturated rings. The summed E-state index contributed by atoms with van der Waals surface area (Å²) in [6.07, 6.45) is 3.44. The molecule has 0 bridgehead atoms. The van der Waals surface area contributed by atoms with E-state index in [2.05, 4.69) is 17.6 Å². The fourth-order valence-corrected chi connectivity index (χ4v) is 2.49. The van der Waals surface area contributed by atoms with Crippen molar-refractivity contribution >= 4 is 5.91 Å². The topological polar surface area (TPSA) is 59.6 Å². The van der Waals surface area contributed by atoms with Gasteiger partial charge in [-0.3, -0.25) is 4.79 Å². The van der Waals surface area contributed by atoms with Crippen molar-refractivity contribution in [2.45, 2.75) is 38.3 Å². The largest absolute Gasteiger partial charge is 0.379 e. The first-order valence-corrected chi connectivity index (χ1v) is 7.01. The molecule has 0 saturated carbocycles. The van der Waals surface area contributed by atoms with Crippen LogP contribution in [0.5, 0.6) is 0 Å². The van der Waals surface area contributed by atoms with Crippen molar-refractivity contribution in [2.24, 2.45) is 5.92 Å². The first-order chi connectivity index (χ1) is 8.81. The summed E-state index contributed by atoms with van der Waals surface area (Å²) in [5.74, 6) is 0.0366. The highest BCUT2D eigenvalue weighted by molar-refractivity contribution is 5.79. The van der Waals surface area contributed by atoms with Gasteiger partial charge in [0.2, 0.25) is 5.91 Å². The smallest absolute Gasteiger partial charge is 0.227 e. The standard InChI is InChI=1S/C13H24N2O3/c1-2-5-14-12-9-17-8-11(12)13(16)15-7-10-4-3-6-18-10/h10-12,14H,2-9H2,1H3,(H,15,16). The van der Waals surface area contributed by atoms with Crippen molar-refractivity contribution in [3.05, 3.63) is 0 Å². The molecule has 5 nitrogen and oxygen atoms in total. The summed E-state index contributed by atoms with van der Waals surface area (Å²) < 4.78 is 10.9. The molecule has 2 rings (SSSR count). The van der Waals surface area contributed by atoms with E-state index in [1.54, 1.807) is 0 Å². The van der Waals surface area contributed by atoms with Gasteiger partial charge in [0.05, 0.1) is 25.2 Å². The summed E-state index contributed by atoms with van der Waals surface area (Å²) >= 11 is 0. The van der Waals surface area contributed by atoms with E-state index in [1.165, 1.54) is 0 Å². The number of amides is 1. The van der Waals surface area contributed by atoms with E-state index >= 15 is 0 Å². The highest BCUT2D eigenvalue weighted by Crippen LogP contribution is 2.15. The molecular weight excluding hydrogens is 232 g/mol. The van der Waals surface area contributed by atoms with Crippen molar-refractivity contribution in [3.63, 3.8) is 0 Å².